The Bertz CT molecular complexity index is 655. The summed E-state index contributed by atoms with van der Waals surface area (Å²) in [5.74, 6) is 1.20. The second kappa shape index (κ2) is 6.08. The molecule has 0 bridgehead atoms. The number of fused-ring (bicyclic) bond motifs is 1. The number of alkyl halides is 3. The van der Waals surface area contributed by atoms with Crippen molar-refractivity contribution in [2.75, 3.05) is 19.8 Å². The van der Waals surface area contributed by atoms with Crippen molar-refractivity contribution in [2.45, 2.75) is 24.9 Å². The normalized spacial score (nSPS) is 16.9. The number of hydrogen-bond acceptors (Lipinski definition) is 4. The summed E-state index contributed by atoms with van der Waals surface area (Å²) >= 11 is 0. The van der Waals surface area contributed by atoms with E-state index in [0.717, 1.165) is 18.7 Å². The van der Waals surface area contributed by atoms with Crippen LogP contribution >= 0.6 is 0 Å². The minimum Gasteiger partial charge on any atom is -0.484 e. The number of ether oxygens (including phenoxy) is 2. The second-order valence-electron chi connectivity index (χ2n) is 5.24. The van der Waals surface area contributed by atoms with E-state index in [9.17, 15) is 13.2 Å². The van der Waals surface area contributed by atoms with Gasteiger partial charge in [-0.05, 0) is 31.0 Å². The molecule has 1 saturated heterocycles. The zero-order valence-electron chi connectivity index (χ0n) is 11.8. The first-order valence-corrected chi connectivity index (χ1v) is 7.05. The molecule has 0 N–H and O–H groups in total. The molecule has 0 amide bonds. The Morgan fingerprint density at radius 2 is 2.00 bits per heavy atom. The Morgan fingerprint density at radius 1 is 1.23 bits per heavy atom. The van der Waals surface area contributed by atoms with Crippen LogP contribution in [-0.2, 0) is 4.74 Å². The van der Waals surface area contributed by atoms with Crippen LogP contribution in [0.25, 0.3) is 10.9 Å². The van der Waals surface area contributed by atoms with Crippen LogP contribution in [0.15, 0.2) is 24.4 Å². The molecule has 118 valence electrons. The first-order valence-electron chi connectivity index (χ1n) is 7.05. The van der Waals surface area contributed by atoms with Crippen molar-refractivity contribution in [3.05, 3.63) is 30.2 Å². The molecule has 3 rings (SSSR count). The molecule has 0 saturated carbocycles. The number of benzene rings is 1. The molecular weight excluding hydrogens is 297 g/mol. The van der Waals surface area contributed by atoms with Crippen LogP contribution in [0, 0.1) is 0 Å². The van der Waals surface area contributed by atoms with Crippen molar-refractivity contribution in [3.63, 3.8) is 0 Å². The maximum Gasteiger partial charge on any atom is 0.422 e. The summed E-state index contributed by atoms with van der Waals surface area (Å²) in [7, 11) is 0. The molecule has 0 radical (unpaired) electrons. The van der Waals surface area contributed by atoms with Crippen molar-refractivity contribution in [2.24, 2.45) is 0 Å². The van der Waals surface area contributed by atoms with Crippen LogP contribution in [-0.4, -0.2) is 36.0 Å². The highest BCUT2D eigenvalue weighted by Gasteiger charge is 2.28. The second-order valence-corrected chi connectivity index (χ2v) is 5.24. The third-order valence-electron chi connectivity index (χ3n) is 3.56. The quantitative estimate of drug-likeness (QED) is 0.870. The fourth-order valence-electron chi connectivity index (χ4n) is 2.43. The Morgan fingerprint density at radius 3 is 2.73 bits per heavy atom. The minimum atomic E-state index is -4.35. The van der Waals surface area contributed by atoms with Gasteiger partial charge in [-0.3, -0.25) is 0 Å². The SMILES string of the molecule is FC(F)(F)COc1ccc2nc(C3CCOCC3)ncc2c1. The maximum atomic E-state index is 12.2. The third kappa shape index (κ3) is 3.65. The van der Waals surface area contributed by atoms with Crippen molar-refractivity contribution in [1.82, 2.24) is 9.97 Å². The molecule has 0 aliphatic carbocycles. The van der Waals surface area contributed by atoms with Crippen molar-refractivity contribution >= 4 is 10.9 Å². The van der Waals surface area contributed by atoms with Crippen molar-refractivity contribution < 1.29 is 22.6 Å². The molecule has 1 fully saturated rings. The molecule has 22 heavy (non-hydrogen) atoms. The molecule has 2 aromatic rings. The fourth-order valence-corrected chi connectivity index (χ4v) is 2.43. The van der Waals surface area contributed by atoms with Gasteiger partial charge in [0.2, 0.25) is 0 Å². The van der Waals surface area contributed by atoms with Crippen LogP contribution in [0.3, 0.4) is 0 Å². The average molecular weight is 312 g/mol. The highest BCUT2D eigenvalue weighted by molar-refractivity contribution is 5.79. The van der Waals surface area contributed by atoms with E-state index in [-0.39, 0.29) is 11.7 Å². The largest absolute Gasteiger partial charge is 0.484 e. The topological polar surface area (TPSA) is 44.2 Å². The third-order valence-corrected chi connectivity index (χ3v) is 3.56. The lowest BCUT2D eigenvalue weighted by Crippen LogP contribution is -2.19. The van der Waals surface area contributed by atoms with E-state index in [1.54, 1.807) is 12.3 Å². The first kappa shape index (κ1) is 15.0. The lowest BCUT2D eigenvalue weighted by atomic mass is 9.99. The predicted molar refractivity (Wildman–Crippen MR) is 73.9 cm³/mol. The Balaban J connectivity index is 1.78. The van der Waals surface area contributed by atoms with Crippen LogP contribution < -0.4 is 4.74 Å². The number of halogens is 3. The van der Waals surface area contributed by atoms with Gasteiger partial charge in [-0.2, -0.15) is 13.2 Å². The summed E-state index contributed by atoms with van der Waals surface area (Å²) < 4.78 is 46.5. The average Bonchev–Trinajstić information content (AvgIpc) is 2.52. The van der Waals surface area contributed by atoms with Gasteiger partial charge in [0.25, 0.3) is 0 Å². The number of rotatable bonds is 3. The van der Waals surface area contributed by atoms with Gasteiger partial charge in [0, 0.05) is 30.7 Å². The van der Waals surface area contributed by atoms with Gasteiger partial charge in [-0.25, -0.2) is 9.97 Å². The zero-order chi connectivity index (χ0) is 15.6. The van der Waals surface area contributed by atoms with Gasteiger partial charge in [0.1, 0.15) is 11.6 Å². The van der Waals surface area contributed by atoms with Gasteiger partial charge in [-0.1, -0.05) is 0 Å². The van der Waals surface area contributed by atoms with Crippen molar-refractivity contribution in [1.29, 1.82) is 0 Å². The van der Waals surface area contributed by atoms with E-state index in [1.807, 2.05) is 0 Å². The minimum absolute atomic E-state index is 0.159. The summed E-state index contributed by atoms with van der Waals surface area (Å²) in [5, 5.41) is 0.662. The van der Waals surface area contributed by atoms with E-state index in [4.69, 9.17) is 9.47 Å². The van der Waals surface area contributed by atoms with Crippen LogP contribution in [0.4, 0.5) is 13.2 Å². The summed E-state index contributed by atoms with van der Waals surface area (Å²) in [4.78, 5) is 8.84. The highest BCUT2D eigenvalue weighted by Crippen LogP contribution is 2.27. The van der Waals surface area contributed by atoms with E-state index in [2.05, 4.69) is 9.97 Å². The molecular formula is C15H15F3N2O2. The summed E-state index contributed by atoms with van der Waals surface area (Å²) in [6, 6.07) is 4.68. The summed E-state index contributed by atoms with van der Waals surface area (Å²) in [5.41, 5.74) is 0.704. The van der Waals surface area contributed by atoms with Gasteiger partial charge in [-0.15, -0.1) is 0 Å². The summed E-state index contributed by atoms with van der Waals surface area (Å²) in [6.45, 7) is 0.103. The Hall–Kier alpha value is -1.89. The van der Waals surface area contributed by atoms with E-state index in [0.29, 0.717) is 24.1 Å². The molecule has 0 atom stereocenters. The first-order chi connectivity index (χ1) is 10.5. The lowest BCUT2D eigenvalue weighted by Gasteiger charge is -2.20. The predicted octanol–water partition coefficient (Wildman–Crippen LogP) is 3.46. The van der Waals surface area contributed by atoms with Crippen LogP contribution in [0.2, 0.25) is 0 Å². The molecule has 1 aromatic heterocycles. The van der Waals surface area contributed by atoms with E-state index >= 15 is 0 Å². The van der Waals surface area contributed by atoms with Gasteiger partial charge in [0.05, 0.1) is 5.52 Å². The van der Waals surface area contributed by atoms with Crippen LogP contribution in [0.1, 0.15) is 24.6 Å². The van der Waals surface area contributed by atoms with Gasteiger partial charge >= 0.3 is 6.18 Å². The molecule has 7 heteroatoms. The van der Waals surface area contributed by atoms with E-state index in [1.165, 1.54) is 12.1 Å². The molecule has 1 aromatic carbocycles. The Labute approximate surface area is 125 Å². The molecule has 0 spiro atoms. The summed E-state index contributed by atoms with van der Waals surface area (Å²) in [6.07, 6.45) is -0.942. The number of hydrogen-bond donors (Lipinski definition) is 0. The van der Waals surface area contributed by atoms with Gasteiger partial charge < -0.3 is 9.47 Å². The smallest absolute Gasteiger partial charge is 0.422 e. The van der Waals surface area contributed by atoms with E-state index < -0.39 is 12.8 Å². The Kier molecular flexibility index (Phi) is 4.15. The number of aromatic nitrogens is 2. The molecule has 0 unspecified atom stereocenters. The van der Waals surface area contributed by atoms with Gasteiger partial charge in [0.15, 0.2) is 6.61 Å². The number of nitrogens with zero attached hydrogens (tertiary/aromatic N) is 2. The van der Waals surface area contributed by atoms with Crippen molar-refractivity contribution in [3.8, 4) is 5.75 Å². The molecule has 1 aliphatic rings. The maximum absolute atomic E-state index is 12.2. The van der Waals surface area contributed by atoms with Crippen LogP contribution in [0.5, 0.6) is 5.75 Å². The standard InChI is InChI=1S/C15H15F3N2O2/c16-15(17,18)9-22-12-1-2-13-11(7-12)8-19-14(20-13)10-3-5-21-6-4-10/h1-2,7-8,10H,3-6,9H2. The highest BCUT2D eigenvalue weighted by atomic mass is 19.4. The molecule has 2 heterocycles. The lowest BCUT2D eigenvalue weighted by molar-refractivity contribution is -0.153. The monoisotopic (exact) mass is 312 g/mol. The molecule has 1 aliphatic heterocycles. The zero-order valence-corrected chi connectivity index (χ0v) is 11.8. The molecule has 4 nitrogen and oxygen atoms in total. The fraction of sp³-hybridized carbons (Fsp3) is 0.467.